The third kappa shape index (κ3) is 8.58. The van der Waals surface area contributed by atoms with Gasteiger partial charge < -0.3 is 70.6 Å². The highest BCUT2D eigenvalue weighted by Gasteiger charge is 2.61. The lowest BCUT2D eigenvalue weighted by atomic mass is 9.86. The zero-order valence-electron chi connectivity index (χ0n) is 26.4. The number of aliphatic hydroxyl groups excluding tert-OH is 6. The highest BCUT2D eigenvalue weighted by molar-refractivity contribution is 6.76. The molecule has 3 fully saturated rings. The van der Waals surface area contributed by atoms with E-state index in [1.807, 2.05) is 19.6 Å². The van der Waals surface area contributed by atoms with Gasteiger partial charge in [-0.2, -0.15) is 0 Å². The molecule has 3 saturated heterocycles. The molecule has 0 aromatic heterocycles. The predicted molar refractivity (Wildman–Crippen MR) is 156 cm³/mol. The molecule has 12 atom stereocenters. The van der Waals surface area contributed by atoms with Gasteiger partial charge in [0.15, 0.2) is 0 Å². The van der Waals surface area contributed by atoms with Crippen LogP contribution < -0.4 is 16.0 Å². The lowest BCUT2D eigenvalue weighted by Gasteiger charge is -2.52. The van der Waals surface area contributed by atoms with Crippen molar-refractivity contribution in [1.29, 1.82) is 0 Å². The molecule has 3 amide bonds. The van der Waals surface area contributed by atoms with E-state index in [9.17, 15) is 54.9 Å². The molecule has 3 aliphatic heterocycles. The van der Waals surface area contributed by atoms with Gasteiger partial charge in [0.1, 0.15) is 36.6 Å². The maximum Gasteiger partial charge on any atom is 0.364 e. The van der Waals surface area contributed by atoms with Crippen LogP contribution in [0.5, 0.6) is 0 Å². The summed E-state index contributed by atoms with van der Waals surface area (Å²) in [6.07, 6.45) is -15.0. The van der Waals surface area contributed by atoms with Crippen LogP contribution in [-0.4, -0.2) is 160 Å². The minimum atomic E-state index is -2.44. The Hall–Kier alpha value is -2.30. The number of amides is 3. The van der Waals surface area contributed by atoms with E-state index in [0.717, 1.165) is 13.8 Å². The van der Waals surface area contributed by atoms with Crippen molar-refractivity contribution in [3.8, 4) is 0 Å². The molecule has 0 unspecified atom stereocenters. The van der Waals surface area contributed by atoms with E-state index in [-0.39, 0.29) is 6.61 Å². The summed E-state index contributed by atoms with van der Waals surface area (Å²) >= 11 is 0. The molecule has 0 aromatic carbocycles. The van der Waals surface area contributed by atoms with Crippen LogP contribution in [0.25, 0.3) is 0 Å². The van der Waals surface area contributed by atoms with E-state index in [4.69, 9.17) is 18.9 Å². The van der Waals surface area contributed by atoms with Crippen molar-refractivity contribution in [3.63, 3.8) is 0 Å². The Bertz CT molecular complexity index is 1130. The Morgan fingerprint density at radius 2 is 1.54 bits per heavy atom. The normalized spacial score (nSPS) is 37.1. The first-order valence-corrected chi connectivity index (χ1v) is 18.7. The van der Waals surface area contributed by atoms with Crippen molar-refractivity contribution in [3.05, 3.63) is 0 Å². The van der Waals surface area contributed by atoms with Crippen LogP contribution in [0.4, 0.5) is 0 Å². The number of hydrogen-bond donors (Lipinski definition) is 10. The van der Waals surface area contributed by atoms with E-state index in [0.29, 0.717) is 6.04 Å². The van der Waals surface area contributed by atoms with Crippen molar-refractivity contribution in [2.45, 2.75) is 125 Å². The van der Waals surface area contributed by atoms with Crippen LogP contribution in [-0.2, 0) is 38.1 Å². The Labute approximate surface area is 266 Å². The first kappa shape index (κ1) is 38.1. The summed E-state index contributed by atoms with van der Waals surface area (Å²) in [6, 6.07) is -2.19. The van der Waals surface area contributed by atoms with Gasteiger partial charge in [-0.25, -0.2) is 4.79 Å². The van der Waals surface area contributed by atoms with Gasteiger partial charge in [0.2, 0.25) is 11.8 Å². The van der Waals surface area contributed by atoms with Crippen LogP contribution in [0.15, 0.2) is 0 Å². The van der Waals surface area contributed by atoms with Gasteiger partial charge in [-0.3, -0.25) is 14.4 Å². The van der Waals surface area contributed by atoms with Crippen LogP contribution in [0, 0.1) is 0 Å². The molecule has 19 heteroatoms. The molecule has 0 bridgehead atoms. The fraction of sp³-hybridized carbons (Fsp3) is 0.852. The number of carboxylic acids is 1. The number of hydrogen-bond acceptors (Lipinski definition) is 14. The smallest absolute Gasteiger partial charge is 0.364 e. The Kier molecular flexibility index (Phi) is 12.3. The molecule has 0 aromatic rings. The van der Waals surface area contributed by atoms with Crippen LogP contribution in [0.1, 0.15) is 26.7 Å². The first-order chi connectivity index (χ1) is 21.3. The maximum absolute atomic E-state index is 13.2. The second kappa shape index (κ2) is 14.9. The summed E-state index contributed by atoms with van der Waals surface area (Å²) in [4.78, 5) is 49.6. The lowest BCUT2D eigenvalue weighted by Crippen LogP contribution is -2.74. The van der Waals surface area contributed by atoms with Crippen LogP contribution >= 0.6 is 0 Å². The van der Waals surface area contributed by atoms with Gasteiger partial charge >= 0.3 is 5.97 Å². The minimum absolute atomic E-state index is 0.0357. The molecule has 18 nitrogen and oxygen atoms in total. The molecule has 264 valence electrons. The maximum atomic E-state index is 13.2. The highest BCUT2D eigenvalue weighted by atomic mass is 28.3. The topological polar surface area (TPSA) is 283 Å². The van der Waals surface area contributed by atoms with Crippen LogP contribution in [0.2, 0.25) is 25.7 Å². The number of aliphatic hydroxyl groups is 6. The van der Waals surface area contributed by atoms with Crippen LogP contribution in [0.3, 0.4) is 0 Å². The molecule has 3 rings (SSSR count). The average molecular weight is 682 g/mol. The molecular weight excluding hydrogens is 634 g/mol. The quantitative estimate of drug-likeness (QED) is 0.0873. The standard InChI is InChI=1S/C27H47N3O15Si/c1-12(32)29-18-14(34)8-26(44-22(18)20(37)16(36)11-31)24(39)28-10-17(43-26)21(38)23-19(30-13(2)33)15(35)9-27(45-23,25(40)41)42-6-7-46(3,4)5/h14-23,31,34-38H,6-11H2,1-5H3,(H,28,39)(H,29,32)(H,30,33)(H,40,41)/t14-,15-,16+,17+,18+,19+,20+,21+,22+,23+,26+,27+/m0/s1. The molecule has 0 radical (unpaired) electrons. The summed E-state index contributed by atoms with van der Waals surface area (Å²) in [7, 11) is -1.71. The third-order valence-electron chi connectivity index (χ3n) is 8.19. The summed E-state index contributed by atoms with van der Waals surface area (Å²) < 4.78 is 23.3. The number of rotatable bonds is 12. The lowest BCUT2D eigenvalue weighted by molar-refractivity contribution is -0.344. The van der Waals surface area contributed by atoms with Crippen molar-refractivity contribution < 1.29 is 73.9 Å². The van der Waals surface area contributed by atoms with E-state index in [1.165, 1.54) is 0 Å². The monoisotopic (exact) mass is 681 g/mol. The fourth-order valence-electron chi connectivity index (χ4n) is 5.75. The predicted octanol–water partition coefficient (Wildman–Crippen LogP) is -4.28. The second-order valence-corrected chi connectivity index (χ2v) is 18.8. The molecule has 10 N–H and O–H groups in total. The average Bonchev–Trinajstić information content (AvgIpc) is 2.94. The number of aliphatic carboxylic acids is 1. The molecule has 0 aliphatic carbocycles. The molecule has 3 aliphatic rings. The number of carboxylic acid groups (broad SMARTS) is 1. The summed E-state index contributed by atoms with van der Waals surface area (Å²) in [5.41, 5.74) is 0. The SMILES string of the molecule is CC(=O)N[C@H]1[C@H]([C@H](O)[C@H](O)CO)O[C@@]2(C[C@@H]1O)O[C@@H]([C@@H](O)[C@@H]1O[C@@](OCC[Si](C)(C)C)(C(=O)O)C[C@H](O)[C@H]1NC(C)=O)CNC2=O. The van der Waals surface area contributed by atoms with E-state index >= 15 is 0 Å². The van der Waals surface area contributed by atoms with Crippen molar-refractivity contribution >= 4 is 31.8 Å². The largest absolute Gasteiger partial charge is 0.477 e. The first-order valence-electron chi connectivity index (χ1n) is 15.0. The highest BCUT2D eigenvalue weighted by Crippen LogP contribution is 2.39. The summed E-state index contributed by atoms with van der Waals surface area (Å²) in [6.45, 7) is 7.00. The van der Waals surface area contributed by atoms with Crippen molar-refractivity contribution in [2.75, 3.05) is 19.8 Å². The second-order valence-electron chi connectivity index (χ2n) is 13.2. The number of nitrogens with one attached hydrogen (secondary N) is 3. The Morgan fingerprint density at radius 3 is 2.07 bits per heavy atom. The van der Waals surface area contributed by atoms with Gasteiger partial charge in [0, 0.05) is 47.9 Å². The van der Waals surface area contributed by atoms with E-state index in [2.05, 4.69) is 16.0 Å². The van der Waals surface area contributed by atoms with E-state index < -0.39 is 130 Å². The van der Waals surface area contributed by atoms with Crippen molar-refractivity contribution in [2.24, 2.45) is 0 Å². The molecule has 46 heavy (non-hydrogen) atoms. The molecular formula is C27H47N3O15Si. The third-order valence-corrected chi connectivity index (χ3v) is 9.89. The van der Waals surface area contributed by atoms with Crippen molar-refractivity contribution in [1.82, 2.24) is 16.0 Å². The minimum Gasteiger partial charge on any atom is -0.477 e. The zero-order valence-corrected chi connectivity index (χ0v) is 27.4. The number of carbonyl (C=O) groups excluding carboxylic acids is 3. The van der Waals surface area contributed by atoms with Gasteiger partial charge in [-0.15, -0.1) is 0 Å². The molecule has 0 saturated carbocycles. The molecule has 1 spiro atoms. The number of ether oxygens (including phenoxy) is 4. The number of morpholine rings is 1. The number of carbonyl (C=O) groups is 4. The molecule has 3 heterocycles. The van der Waals surface area contributed by atoms with Gasteiger partial charge in [0.25, 0.3) is 17.5 Å². The zero-order chi connectivity index (χ0) is 34.8. The van der Waals surface area contributed by atoms with Gasteiger partial charge in [-0.1, -0.05) is 19.6 Å². The Morgan fingerprint density at radius 1 is 0.978 bits per heavy atom. The van der Waals surface area contributed by atoms with E-state index in [1.54, 1.807) is 0 Å². The Balaban J connectivity index is 1.96. The summed E-state index contributed by atoms with van der Waals surface area (Å²) in [5.74, 6) is -8.68. The van der Waals surface area contributed by atoms with Gasteiger partial charge in [0.05, 0.1) is 30.9 Å². The summed E-state index contributed by atoms with van der Waals surface area (Å²) in [5, 5.41) is 81.3. The van der Waals surface area contributed by atoms with Gasteiger partial charge in [-0.05, 0) is 6.04 Å². The fourth-order valence-corrected chi connectivity index (χ4v) is 6.46.